The molecule has 0 radical (unpaired) electrons. The Kier molecular flexibility index (Phi) is 3.81. The molecule has 0 spiro atoms. The zero-order chi connectivity index (χ0) is 13.2. The predicted molar refractivity (Wildman–Crippen MR) is 64.0 cm³/mol. The maximum absolute atomic E-state index is 12.3. The van der Waals surface area contributed by atoms with Crippen LogP contribution in [0.5, 0.6) is 0 Å². The first-order valence-corrected chi connectivity index (χ1v) is 6.64. The van der Waals surface area contributed by atoms with Crippen molar-refractivity contribution in [2.24, 2.45) is 0 Å². The highest BCUT2D eigenvalue weighted by atomic mass is 32.1. The summed E-state index contributed by atoms with van der Waals surface area (Å²) in [5.41, 5.74) is 0. The van der Waals surface area contributed by atoms with Crippen molar-refractivity contribution in [2.75, 3.05) is 11.9 Å². The molecule has 0 aliphatic carbocycles. The number of nitrogens with one attached hydrogen (secondary N) is 1. The second kappa shape index (κ2) is 5.19. The second-order valence-corrected chi connectivity index (χ2v) is 5.75. The summed E-state index contributed by atoms with van der Waals surface area (Å²) in [6, 6.07) is 0. The molecule has 0 fully saturated rings. The Labute approximate surface area is 109 Å². The third-order valence-corrected chi connectivity index (χ3v) is 3.85. The summed E-state index contributed by atoms with van der Waals surface area (Å²) in [6.45, 7) is 2.44. The van der Waals surface area contributed by atoms with Crippen LogP contribution in [0.25, 0.3) is 0 Å². The Balaban J connectivity index is 1.85. The quantitative estimate of drug-likeness (QED) is 0.942. The molecule has 0 amide bonds. The fourth-order valence-corrected chi connectivity index (χ4v) is 2.63. The zero-order valence-electron chi connectivity index (χ0n) is 9.28. The average molecular weight is 294 g/mol. The first kappa shape index (κ1) is 13.2. The number of aryl methyl sites for hydroxylation is 1. The molecule has 4 nitrogen and oxygen atoms in total. The van der Waals surface area contributed by atoms with Crippen LogP contribution in [-0.2, 0) is 12.6 Å². The number of thiazole rings is 1. The van der Waals surface area contributed by atoms with Crippen LogP contribution in [0.15, 0.2) is 6.20 Å². The summed E-state index contributed by atoms with van der Waals surface area (Å²) >= 11 is 2.07. The third kappa shape index (κ3) is 3.39. The number of rotatable bonds is 4. The average Bonchev–Trinajstić information content (AvgIpc) is 2.87. The molecular weight excluding hydrogens is 285 g/mol. The van der Waals surface area contributed by atoms with Crippen molar-refractivity contribution >= 4 is 27.8 Å². The zero-order valence-corrected chi connectivity index (χ0v) is 10.9. The van der Waals surface area contributed by atoms with Gasteiger partial charge in [0.05, 0.1) is 5.01 Å². The molecule has 2 aromatic rings. The van der Waals surface area contributed by atoms with Gasteiger partial charge in [0.25, 0.3) is 0 Å². The highest BCUT2D eigenvalue weighted by Crippen LogP contribution is 2.32. The first-order chi connectivity index (χ1) is 8.45. The van der Waals surface area contributed by atoms with Gasteiger partial charge in [0, 0.05) is 24.0 Å². The van der Waals surface area contributed by atoms with E-state index in [1.54, 1.807) is 17.5 Å². The van der Waals surface area contributed by atoms with Gasteiger partial charge in [-0.05, 0) is 6.92 Å². The Bertz CT molecular complexity index is 520. The monoisotopic (exact) mass is 294 g/mol. The number of alkyl halides is 3. The standard InChI is InChI=1S/C9H9F3N4S2/c1-5-4-14-6(17-5)2-3-13-8-16-15-7(18-8)9(10,11)12/h4H,2-3H2,1H3,(H,13,16). The smallest absolute Gasteiger partial charge is 0.360 e. The van der Waals surface area contributed by atoms with Crippen molar-refractivity contribution in [2.45, 2.75) is 19.5 Å². The van der Waals surface area contributed by atoms with Gasteiger partial charge in [0.2, 0.25) is 10.1 Å². The fourth-order valence-electron chi connectivity index (χ4n) is 1.20. The van der Waals surface area contributed by atoms with Crippen molar-refractivity contribution in [3.63, 3.8) is 0 Å². The van der Waals surface area contributed by atoms with E-state index in [1.807, 2.05) is 6.92 Å². The SMILES string of the molecule is Cc1cnc(CCNc2nnc(C(F)(F)F)s2)s1. The molecule has 9 heteroatoms. The van der Waals surface area contributed by atoms with Gasteiger partial charge in [-0.15, -0.1) is 21.5 Å². The van der Waals surface area contributed by atoms with Gasteiger partial charge in [0.1, 0.15) is 0 Å². The number of hydrogen-bond acceptors (Lipinski definition) is 6. The van der Waals surface area contributed by atoms with Crippen LogP contribution in [-0.4, -0.2) is 21.7 Å². The van der Waals surface area contributed by atoms with Crippen molar-refractivity contribution in [3.8, 4) is 0 Å². The van der Waals surface area contributed by atoms with E-state index in [2.05, 4.69) is 20.5 Å². The summed E-state index contributed by atoms with van der Waals surface area (Å²) in [6.07, 6.45) is -2.00. The number of halogens is 3. The van der Waals surface area contributed by atoms with E-state index < -0.39 is 11.2 Å². The molecule has 0 saturated heterocycles. The Morgan fingerprint density at radius 3 is 2.61 bits per heavy atom. The van der Waals surface area contributed by atoms with Crippen LogP contribution in [0, 0.1) is 6.92 Å². The molecule has 0 saturated carbocycles. The van der Waals surface area contributed by atoms with E-state index in [9.17, 15) is 13.2 Å². The van der Waals surface area contributed by atoms with E-state index in [-0.39, 0.29) is 5.13 Å². The number of aromatic nitrogens is 3. The van der Waals surface area contributed by atoms with Crippen molar-refractivity contribution in [1.29, 1.82) is 0 Å². The van der Waals surface area contributed by atoms with Crippen molar-refractivity contribution in [3.05, 3.63) is 21.1 Å². The van der Waals surface area contributed by atoms with Gasteiger partial charge < -0.3 is 5.32 Å². The Morgan fingerprint density at radius 1 is 1.28 bits per heavy atom. The molecule has 0 aromatic carbocycles. The Hall–Kier alpha value is -1.22. The topological polar surface area (TPSA) is 50.7 Å². The van der Waals surface area contributed by atoms with Crippen LogP contribution < -0.4 is 5.32 Å². The maximum atomic E-state index is 12.3. The molecule has 1 N–H and O–H groups in total. The summed E-state index contributed by atoms with van der Waals surface area (Å²) in [4.78, 5) is 5.27. The molecule has 0 atom stereocenters. The van der Waals surface area contributed by atoms with Gasteiger partial charge in [-0.3, -0.25) is 0 Å². The van der Waals surface area contributed by atoms with Crippen LogP contribution in [0.2, 0.25) is 0 Å². The summed E-state index contributed by atoms with van der Waals surface area (Å²) in [5, 5.41) is 9.52. The lowest BCUT2D eigenvalue weighted by Crippen LogP contribution is -2.04. The lowest BCUT2D eigenvalue weighted by molar-refractivity contribution is -0.138. The Morgan fingerprint density at radius 2 is 2.06 bits per heavy atom. The molecule has 0 bridgehead atoms. The van der Waals surface area contributed by atoms with Crippen LogP contribution in [0.4, 0.5) is 18.3 Å². The second-order valence-electron chi connectivity index (χ2n) is 3.45. The summed E-state index contributed by atoms with van der Waals surface area (Å²) in [7, 11) is 0. The third-order valence-electron chi connectivity index (χ3n) is 1.95. The van der Waals surface area contributed by atoms with E-state index in [0.29, 0.717) is 24.3 Å². The highest BCUT2D eigenvalue weighted by Gasteiger charge is 2.35. The lowest BCUT2D eigenvalue weighted by atomic mass is 10.4. The normalized spacial score (nSPS) is 11.8. The highest BCUT2D eigenvalue weighted by molar-refractivity contribution is 7.15. The van der Waals surface area contributed by atoms with E-state index in [0.717, 1.165) is 9.88 Å². The van der Waals surface area contributed by atoms with Gasteiger partial charge >= 0.3 is 6.18 Å². The lowest BCUT2D eigenvalue weighted by Gasteiger charge is -1.99. The first-order valence-electron chi connectivity index (χ1n) is 5.01. The molecule has 2 rings (SSSR count). The maximum Gasteiger partial charge on any atom is 0.445 e. The fraction of sp³-hybridized carbons (Fsp3) is 0.444. The molecule has 0 aliphatic rings. The minimum Gasteiger partial charge on any atom is -0.360 e. The largest absolute Gasteiger partial charge is 0.445 e. The van der Waals surface area contributed by atoms with Gasteiger partial charge in [0.15, 0.2) is 0 Å². The van der Waals surface area contributed by atoms with Gasteiger partial charge in [-0.25, -0.2) is 4.98 Å². The molecule has 2 aromatic heterocycles. The van der Waals surface area contributed by atoms with E-state index in [4.69, 9.17) is 0 Å². The molecule has 18 heavy (non-hydrogen) atoms. The minimum absolute atomic E-state index is 0.176. The van der Waals surface area contributed by atoms with Crippen LogP contribution in [0.1, 0.15) is 14.9 Å². The number of nitrogens with zero attached hydrogens (tertiary/aromatic N) is 3. The van der Waals surface area contributed by atoms with Crippen molar-refractivity contribution < 1.29 is 13.2 Å². The van der Waals surface area contributed by atoms with Crippen molar-refractivity contribution in [1.82, 2.24) is 15.2 Å². The minimum atomic E-state index is -4.43. The summed E-state index contributed by atoms with van der Waals surface area (Å²) < 4.78 is 36.8. The number of anilines is 1. The molecule has 0 aliphatic heterocycles. The van der Waals surface area contributed by atoms with Crippen LogP contribution >= 0.6 is 22.7 Å². The number of hydrogen-bond donors (Lipinski definition) is 1. The van der Waals surface area contributed by atoms with Crippen LogP contribution in [0.3, 0.4) is 0 Å². The molecular formula is C9H9F3N4S2. The molecule has 0 unspecified atom stereocenters. The molecule has 2 heterocycles. The van der Waals surface area contributed by atoms with Gasteiger partial charge in [-0.2, -0.15) is 13.2 Å². The summed E-state index contributed by atoms with van der Waals surface area (Å²) in [5.74, 6) is 0. The molecule has 98 valence electrons. The van der Waals surface area contributed by atoms with E-state index in [1.165, 1.54) is 0 Å². The van der Waals surface area contributed by atoms with E-state index >= 15 is 0 Å². The van der Waals surface area contributed by atoms with Gasteiger partial charge in [-0.1, -0.05) is 11.3 Å². The predicted octanol–water partition coefficient (Wildman–Crippen LogP) is 2.98.